The topological polar surface area (TPSA) is 100 Å². The Morgan fingerprint density at radius 1 is 0.855 bits per heavy atom. The Morgan fingerprint density at radius 2 is 1.44 bits per heavy atom. The summed E-state index contributed by atoms with van der Waals surface area (Å²) >= 11 is 6.74. The quantitative estimate of drug-likeness (QED) is 0.164. The van der Waals surface area contributed by atoms with E-state index >= 15 is 0 Å². The van der Waals surface area contributed by atoms with Crippen LogP contribution in [0.1, 0.15) is 69.7 Å². The summed E-state index contributed by atoms with van der Waals surface area (Å²) in [5.41, 5.74) is 3.51. The fraction of sp³-hybridized carbons (Fsp3) is 0.261. The normalized spacial score (nSPS) is 15.7. The lowest BCUT2D eigenvalue weighted by molar-refractivity contribution is -0.122. The van der Waals surface area contributed by atoms with Crippen molar-refractivity contribution in [3.05, 3.63) is 155 Å². The monoisotopic (exact) mass is 749 g/mol. The number of benzene rings is 5. The molecule has 2 amide bonds. The smallest absolute Gasteiger partial charge is 0.410 e. The SMILES string of the molecule is CC(C)(C)OC(=O)N1C[C@H](C(=O)Nc2nn(C(c3ccccc3)(c3ccccc3)c3ccccc3)c3ccc(-c4cc(C#N)ccc4Cl)cc23)CCC1(C)C. The van der Waals surface area contributed by atoms with Gasteiger partial charge in [0, 0.05) is 28.1 Å². The highest BCUT2D eigenvalue weighted by atomic mass is 35.5. The summed E-state index contributed by atoms with van der Waals surface area (Å²) in [6.07, 6.45) is 0.765. The first-order valence-corrected chi connectivity index (χ1v) is 18.9. The van der Waals surface area contributed by atoms with Crippen molar-refractivity contribution in [1.82, 2.24) is 14.7 Å². The maximum atomic E-state index is 14.4. The molecule has 1 saturated heterocycles. The number of halogens is 1. The lowest BCUT2D eigenvalue weighted by atomic mass is 9.77. The maximum absolute atomic E-state index is 14.4. The molecule has 55 heavy (non-hydrogen) atoms. The first-order valence-electron chi connectivity index (χ1n) is 18.5. The van der Waals surface area contributed by atoms with Crippen molar-refractivity contribution in [2.45, 2.75) is 64.1 Å². The molecule has 0 unspecified atom stereocenters. The zero-order valence-corrected chi connectivity index (χ0v) is 32.5. The lowest BCUT2D eigenvalue weighted by Crippen LogP contribution is -2.56. The number of nitrogens with zero attached hydrogens (tertiary/aromatic N) is 4. The van der Waals surface area contributed by atoms with Crippen LogP contribution in [0.25, 0.3) is 22.0 Å². The Labute approximate surface area is 327 Å². The van der Waals surface area contributed by atoms with Crippen LogP contribution in [0, 0.1) is 17.2 Å². The number of likely N-dealkylation sites (tertiary alicyclic amines) is 1. The molecule has 8 nitrogen and oxygen atoms in total. The Balaban J connectivity index is 1.43. The van der Waals surface area contributed by atoms with Gasteiger partial charge in [0.2, 0.25) is 5.91 Å². The molecule has 9 heteroatoms. The molecular weight excluding hydrogens is 706 g/mol. The van der Waals surface area contributed by atoms with Gasteiger partial charge in [0.25, 0.3) is 0 Å². The molecule has 0 spiro atoms. The van der Waals surface area contributed by atoms with Crippen LogP contribution < -0.4 is 5.32 Å². The van der Waals surface area contributed by atoms with E-state index in [-0.39, 0.29) is 12.5 Å². The van der Waals surface area contributed by atoms with E-state index in [4.69, 9.17) is 21.4 Å². The van der Waals surface area contributed by atoms with E-state index < -0.39 is 28.7 Å². The Bertz CT molecular complexity index is 2300. The van der Waals surface area contributed by atoms with Gasteiger partial charge in [-0.05, 0) is 100 Å². The van der Waals surface area contributed by atoms with Crippen molar-refractivity contribution in [1.29, 1.82) is 5.26 Å². The van der Waals surface area contributed by atoms with Crippen molar-refractivity contribution in [2.75, 3.05) is 11.9 Å². The van der Waals surface area contributed by atoms with E-state index in [9.17, 15) is 14.9 Å². The highest BCUT2D eigenvalue weighted by Crippen LogP contribution is 2.44. The average molecular weight is 750 g/mol. The van der Waals surface area contributed by atoms with Gasteiger partial charge in [-0.15, -0.1) is 0 Å². The number of nitrogens with one attached hydrogen (secondary N) is 1. The van der Waals surface area contributed by atoms with Gasteiger partial charge in [0.1, 0.15) is 11.1 Å². The summed E-state index contributed by atoms with van der Waals surface area (Å²) in [6.45, 7) is 9.73. The number of hydrogen-bond acceptors (Lipinski definition) is 5. The Kier molecular flexibility index (Phi) is 10.0. The number of hydrogen-bond donors (Lipinski definition) is 1. The zero-order valence-electron chi connectivity index (χ0n) is 31.7. The molecule has 7 rings (SSSR count). The van der Waals surface area contributed by atoms with E-state index in [0.717, 1.165) is 27.8 Å². The number of nitriles is 1. The molecule has 0 saturated carbocycles. The fourth-order valence-electron chi connectivity index (χ4n) is 7.65. The first kappa shape index (κ1) is 37.4. The average Bonchev–Trinajstić information content (AvgIpc) is 3.53. The minimum absolute atomic E-state index is 0.205. The van der Waals surface area contributed by atoms with Gasteiger partial charge < -0.3 is 15.0 Å². The molecule has 1 aromatic heterocycles. The van der Waals surface area contributed by atoms with Gasteiger partial charge in [-0.1, -0.05) is 109 Å². The zero-order chi connectivity index (χ0) is 39.0. The molecule has 5 aromatic carbocycles. The van der Waals surface area contributed by atoms with Crippen molar-refractivity contribution in [2.24, 2.45) is 5.92 Å². The van der Waals surface area contributed by atoms with Crippen molar-refractivity contribution < 1.29 is 14.3 Å². The molecule has 278 valence electrons. The van der Waals surface area contributed by atoms with Crippen molar-refractivity contribution >= 4 is 40.3 Å². The third-order valence-electron chi connectivity index (χ3n) is 10.4. The van der Waals surface area contributed by atoms with Crippen molar-refractivity contribution in [3.63, 3.8) is 0 Å². The van der Waals surface area contributed by atoms with E-state index in [0.29, 0.717) is 40.2 Å². The third-order valence-corrected chi connectivity index (χ3v) is 10.8. The second kappa shape index (κ2) is 14.7. The molecule has 0 bridgehead atoms. The summed E-state index contributed by atoms with van der Waals surface area (Å²) in [6, 6.07) is 44.0. The lowest BCUT2D eigenvalue weighted by Gasteiger charge is -2.45. The molecule has 0 radical (unpaired) electrons. The number of anilines is 1. The Morgan fingerprint density at radius 3 is 1.98 bits per heavy atom. The Hall–Kier alpha value is -5.91. The van der Waals surface area contributed by atoms with Gasteiger partial charge in [-0.3, -0.25) is 4.79 Å². The van der Waals surface area contributed by atoms with Gasteiger partial charge >= 0.3 is 6.09 Å². The highest BCUT2D eigenvalue weighted by Gasteiger charge is 2.43. The minimum Gasteiger partial charge on any atom is -0.444 e. The standard InChI is InChI=1S/C46H44ClN5O3/c1-44(2,3)55-43(54)51-30-33(25-26-45(51,4)5)42(53)49-41-38-28-32(37-27-31(29-48)21-23-39(37)47)22-24-40(38)52(50-41)46(34-15-9-6-10-16-34,35-17-11-7-12-18-35)36-19-13-8-14-20-36/h6-24,27-28,33H,25-26,30H2,1-5H3,(H,49,50,53)/t33-/m1/s1. The van der Waals surface area contributed by atoms with Crippen LogP contribution >= 0.6 is 11.6 Å². The predicted molar refractivity (Wildman–Crippen MR) is 218 cm³/mol. The number of ether oxygens (including phenoxy) is 1. The molecule has 1 atom stereocenters. The van der Waals surface area contributed by atoms with Crippen LogP contribution in [0.2, 0.25) is 5.02 Å². The van der Waals surface area contributed by atoms with E-state index in [1.807, 2.05) is 112 Å². The summed E-state index contributed by atoms with van der Waals surface area (Å²) in [5.74, 6) is -0.377. The number of carbonyl (C=O) groups excluding carboxylic acids is 2. The number of rotatable bonds is 7. The summed E-state index contributed by atoms with van der Waals surface area (Å²) in [7, 11) is 0. The van der Waals surface area contributed by atoms with Crippen LogP contribution in [-0.4, -0.2) is 44.4 Å². The predicted octanol–water partition coefficient (Wildman–Crippen LogP) is 10.4. The van der Waals surface area contributed by atoms with Crippen LogP contribution in [0.3, 0.4) is 0 Å². The highest BCUT2D eigenvalue weighted by molar-refractivity contribution is 6.33. The summed E-state index contributed by atoms with van der Waals surface area (Å²) in [4.78, 5) is 29.5. The number of piperidine rings is 1. The molecule has 1 N–H and O–H groups in total. The number of fused-ring (bicyclic) bond motifs is 1. The number of amides is 2. The summed E-state index contributed by atoms with van der Waals surface area (Å²) in [5, 5.41) is 19.5. The maximum Gasteiger partial charge on any atom is 0.410 e. The fourth-order valence-corrected chi connectivity index (χ4v) is 7.87. The number of carbonyl (C=O) groups is 2. The first-order chi connectivity index (χ1) is 26.3. The molecule has 6 aromatic rings. The van der Waals surface area contributed by atoms with Crippen molar-refractivity contribution in [3.8, 4) is 17.2 Å². The van der Waals surface area contributed by atoms with E-state index in [1.54, 1.807) is 23.1 Å². The summed E-state index contributed by atoms with van der Waals surface area (Å²) < 4.78 is 7.78. The third kappa shape index (κ3) is 7.20. The number of aromatic nitrogens is 2. The minimum atomic E-state index is -0.965. The molecule has 1 aliphatic rings. The second-order valence-corrected chi connectivity index (χ2v) is 16.1. The van der Waals surface area contributed by atoms with Gasteiger partial charge in [-0.2, -0.15) is 10.4 Å². The van der Waals surface area contributed by atoms with Gasteiger partial charge in [-0.25, -0.2) is 9.48 Å². The molecule has 2 heterocycles. The largest absolute Gasteiger partial charge is 0.444 e. The van der Waals surface area contributed by atoms with Crippen LogP contribution in [0.5, 0.6) is 0 Å². The molecule has 1 fully saturated rings. The van der Waals surface area contributed by atoms with Crippen LogP contribution in [-0.2, 0) is 15.1 Å². The van der Waals surface area contributed by atoms with Gasteiger partial charge in [0.15, 0.2) is 5.82 Å². The second-order valence-electron chi connectivity index (χ2n) is 15.7. The van der Waals surface area contributed by atoms with E-state index in [2.05, 4.69) is 47.8 Å². The van der Waals surface area contributed by atoms with Gasteiger partial charge in [0.05, 0.1) is 23.1 Å². The van der Waals surface area contributed by atoms with Crippen LogP contribution in [0.4, 0.5) is 10.6 Å². The molecule has 0 aliphatic carbocycles. The molecular formula is C46H44ClN5O3. The van der Waals surface area contributed by atoms with E-state index in [1.165, 1.54) is 0 Å². The van der Waals surface area contributed by atoms with Crippen LogP contribution in [0.15, 0.2) is 127 Å². The molecule has 1 aliphatic heterocycles.